The zero-order valence-corrected chi connectivity index (χ0v) is 15.0. The Balaban J connectivity index is 1.95. The van der Waals surface area contributed by atoms with Gasteiger partial charge in [-0.3, -0.25) is 4.79 Å². The maximum absolute atomic E-state index is 12.4. The van der Waals surface area contributed by atoms with E-state index in [0.717, 1.165) is 5.56 Å². The highest BCUT2D eigenvalue weighted by atomic mass is 32.2. The van der Waals surface area contributed by atoms with E-state index in [9.17, 15) is 13.2 Å². The van der Waals surface area contributed by atoms with Gasteiger partial charge in [0.2, 0.25) is 15.9 Å². The van der Waals surface area contributed by atoms with Crippen molar-refractivity contribution in [2.24, 2.45) is 0 Å². The SMILES string of the molecule is CCOc1ccc(S(=O)(=O)N[C@@H](C)C(=O)NCc2ccccc2)cc1. The van der Waals surface area contributed by atoms with Crippen LogP contribution in [0.1, 0.15) is 19.4 Å². The van der Waals surface area contributed by atoms with Crippen LogP contribution in [-0.4, -0.2) is 27.0 Å². The molecule has 2 rings (SSSR count). The van der Waals surface area contributed by atoms with E-state index in [4.69, 9.17) is 4.74 Å². The molecule has 0 bridgehead atoms. The molecule has 0 aromatic heterocycles. The van der Waals surface area contributed by atoms with Crippen LogP contribution in [0.2, 0.25) is 0 Å². The number of benzene rings is 2. The summed E-state index contributed by atoms with van der Waals surface area (Å²) in [4.78, 5) is 12.2. The Morgan fingerprint density at radius 3 is 2.32 bits per heavy atom. The van der Waals surface area contributed by atoms with E-state index < -0.39 is 22.0 Å². The number of ether oxygens (including phenoxy) is 1. The van der Waals surface area contributed by atoms with Crippen LogP contribution in [0.3, 0.4) is 0 Å². The molecule has 0 radical (unpaired) electrons. The number of hydrogen-bond acceptors (Lipinski definition) is 4. The molecular formula is C18H22N2O4S. The van der Waals surface area contributed by atoms with Crippen molar-refractivity contribution in [2.75, 3.05) is 6.61 Å². The Bertz CT molecular complexity index is 790. The van der Waals surface area contributed by atoms with E-state index in [1.807, 2.05) is 37.3 Å². The molecule has 0 saturated heterocycles. The van der Waals surface area contributed by atoms with Crippen LogP contribution in [0.25, 0.3) is 0 Å². The van der Waals surface area contributed by atoms with E-state index in [0.29, 0.717) is 18.9 Å². The normalized spacial score (nSPS) is 12.4. The standard InChI is InChI=1S/C18H22N2O4S/c1-3-24-16-9-11-17(12-10-16)25(22,23)20-14(2)18(21)19-13-15-7-5-4-6-8-15/h4-12,14,20H,3,13H2,1-2H3,(H,19,21)/t14-/m0/s1. The predicted molar refractivity (Wildman–Crippen MR) is 95.7 cm³/mol. The lowest BCUT2D eigenvalue weighted by molar-refractivity contribution is -0.122. The molecule has 134 valence electrons. The van der Waals surface area contributed by atoms with Crippen molar-refractivity contribution < 1.29 is 17.9 Å². The van der Waals surface area contributed by atoms with Crippen molar-refractivity contribution >= 4 is 15.9 Å². The van der Waals surface area contributed by atoms with Gasteiger partial charge in [0, 0.05) is 6.54 Å². The molecule has 1 atom stereocenters. The lowest BCUT2D eigenvalue weighted by atomic mass is 10.2. The minimum Gasteiger partial charge on any atom is -0.494 e. The second-order valence-corrected chi connectivity index (χ2v) is 7.16. The van der Waals surface area contributed by atoms with Crippen LogP contribution < -0.4 is 14.8 Å². The zero-order valence-electron chi connectivity index (χ0n) is 14.2. The van der Waals surface area contributed by atoms with Gasteiger partial charge in [-0.25, -0.2) is 8.42 Å². The molecule has 0 saturated carbocycles. The predicted octanol–water partition coefficient (Wildman–Crippen LogP) is 2.07. The summed E-state index contributed by atoms with van der Waals surface area (Å²) in [6.07, 6.45) is 0. The summed E-state index contributed by atoms with van der Waals surface area (Å²) in [5.74, 6) is 0.202. The first-order valence-electron chi connectivity index (χ1n) is 7.99. The minimum atomic E-state index is -3.79. The molecule has 0 aliphatic heterocycles. The Hall–Kier alpha value is -2.38. The maximum atomic E-state index is 12.4. The summed E-state index contributed by atoms with van der Waals surface area (Å²) in [5.41, 5.74) is 0.942. The van der Waals surface area contributed by atoms with Gasteiger partial charge in [0.05, 0.1) is 17.5 Å². The van der Waals surface area contributed by atoms with E-state index >= 15 is 0 Å². The first-order valence-corrected chi connectivity index (χ1v) is 9.47. The van der Waals surface area contributed by atoms with Crippen LogP contribution in [0.5, 0.6) is 5.75 Å². The number of sulfonamides is 1. The Kier molecular flexibility index (Phi) is 6.55. The molecule has 6 nitrogen and oxygen atoms in total. The van der Waals surface area contributed by atoms with Gasteiger partial charge in [-0.2, -0.15) is 4.72 Å². The van der Waals surface area contributed by atoms with Gasteiger partial charge in [-0.1, -0.05) is 30.3 Å². The maximum Gasteiger partial charge on any atom is 0.241 e. The van der Waals surface area contributed by atoms with Crippen LogP contribution in [0, 0.1) is 0 Å². The highest BCUT2D eigenvalue weighted by Gasteiger charge is 2.21. The summed E-state index contributed by atoms with van der Waals surface area (Å²) in [5, 5.41) is 2.71. The number of amides is 1. The van der Waals surface area contributed by atoms with Crippen LogP contribution >= 0.6 is 0 Å². The largest absolute Gasteiger partial charge is 0.494 e. The smallest absolute Gasteiger partial charge is 0.241 e. The van der Waals surface area contributed by atoms with Gasteiger partial charge in [0.15, 0.2) is 0 Å². The van der Waals surface area contributed by atoms with Crippen molar-refractivity contribution in [3.63, 3.8) is 0 Å². The Morgan fingerprint density at radius 2 is 1.72 bits per heavy atom. The van der Waals surface area contributed by atoms with Gasteiger partial charge in [0.1, 0.15) is 5.75 Å². The third-order valence-electron chi connectivity index (χ3n) is 3.48. The van der Waals surface area contributed by atoms with Crippen molar-refractivity contribution in [2.45, 2.75) is 31.3 Å². The van der Waals surface area contributed by atoms with Crippen molar-refractivity contribution in [1.82, 2.24) is 10.0 Å². The molecule has 1 amide bonds. The average molecular weight is 362 g/mol. The molecular weight excluding hydrogens is 340 g/mol. The number of carbonyl (C=O) groups excluding carboxylic acids is 1. The molecule has 2 N–H and O–H groups in total. The molecule has 0 aliphatic rings. The molecule has 0 fully saturated rings. The summed E-state index contributed by atoms with van der Waals surface area (Å²) in [6.45, 7) is 4.20. The lowest BCUT2D eigenvalue weighted by Gasteiger charge is -2.15. The second kappa shape index (κ2) is 8.64. The van der Waals surface area contributed by atoms with E-state index in [1.165, 1.54) is 19.1 Å². The Morgan fingerprint density at radius 1 is 1.08 bits per heavy atom. The van der Waals surface area contributed by atoms with Crippen molar-refractivity contribution in [1.29, 1.82) is 0 Å². The van der Waals surface area contributed by atoms with Gasteiger partial charge in [-0.15, -0.1) is 0 Å². The number of rotatable bonds is 8. The van der Waals surface area contributed by atoms with Crippen LogP contribution in [-0.2, 0) is 21.4 Å². The summed E-state index contributed by atoms with van der Waals surface area (Å²) in [7, 11) is -3.79. The summed E-state index contributed by atoms with van der Waals surface area (Å²) in [6, 6.07) is 14.6. The zero-order chi connectivity index (χ0) is 18.3. The topological polar surface area (TPSA) is 84.5 Å². The molecule has 7 heteroatoms. The summed E-state index contributed by atoms with van der Waals surface area (Å²) >= 11 is 0. The molecule has 2 aromatic rings. The third-order valence-corrected chi connectivity index (χ3v) is 5.04. The lowest BCUT2D eigenvalue weighted by Crippen LogP contribution is -2.44. The van der Waals surface area contributed by atoms with Gasteiger partial charge in [0.25, 0.3) is 0 Å². The third kappa shape index (κ3) is 5.58. The highest BCUT2D eigenvalue weighted by Crippen LogP contribution is 2.16. The van der Waals surface area contributed by atoms with Gasteiger partial charge >= 0.3 is 0 Å². The Labute approximate surface area is 148 Å². The molecule has 2 aromatic carbocycles. The minimum absolute atomic E-state index is 0.0821. The van der Waals surface area contributed by atoms with E-state index in [1.54, 1.807) is 12.1 Å². The molecule has 25 heavy (non-hydrogen) atoms. The molecule has 0 spiro atoms. The highest BCUT2D eigenvalue weighted by molar-refractivity contribution is 7.89. The fourth-order valence-corrected chi connectivity index (χ4v) is 3.38. The quantitative estimate of drug-likeness (QED) is 0.753. The van der Waals surface area contributed by atoms with Crippen molar-refractivity contribution in [3.8, 4) is 5.75 Å². The molecule has 0 heterocycles. The first-order chi connectivity index (χ1) is 11.9. The van der Waals surface area contributed by atoms with Crippen LogP contribution in [0.4, 0.5) is 0 Å². The van der Waals surface area contributed by atoms with Gasteiger partial charge < -0.3 is 10.1 Å². The summed E-state index contributed by atoms with van der Waals surface area (Å²) < 4.78 is 32.4. The number of carbonyl (C=O) groups is 1. The molecule has 0 unspecified atom stereocenters. The fraction of sp³-hybridized carbons (Fsp3) is 0.278. The van der Waals surface area contributed by atoms with Gasteiger partial charge in [-0.05, 0) is 43.7 Å². The van der Waals surface area contributed by atoms with E-state index in [-0.39, 0.29) is 4.90 Å². The number of hydrogen-bond donors (Lipinski definition) is 2. The van der Waals surface area contributed by atoms with Crippen molar-refractivity contribution in [3.05, 3.63) is 60.2 Å². The molecule has 0 aliphatic carbocycles. The van der Waals surface area contributed by atoms with Crippen LogP contribution in [0.15, 0.2) is 59.5 Å². The monoisotopic (exact) mass is 362 g/mol. The first kappa shape index (κ1) is 19.0. The fourth-order valence-electron chi connectivity index (χ4n) is 2.17. The van der Waals surface area contributed by atoms with E-state index in [2.05, 4.69) is 10.0 Å². The average Bonchev–Trinajstić information content (AvgIpc) is 2.61. The second-order valence-electron chi connectivity index (χ2n) is 5.45. The number of nitrogens with one attached hydrogen (secondary N) is 2.